The third-order valence-corrected chi connectivity index (χ3v) is 5.21. The molecule has 2 aromatic carbocycles. The number of methoxy groups -OCH3 is 1. The first kappa shape index (κ1) is 20.4. The van der Waals surface area contributed by atoms with Crippen LogP contribution in [0.15, 0.2) is 48.5 Å². The number of rotatable bonds is 8. The normalized spacial score (nSPS) is 15.8. The predicted molar refractivity (Wildman–Crippen MR) is 111 cm³/mol. The molecule has 1 aliphatic rings. The summed E-state index contributed by atoms with van der Waals surface area (Å²) in [5.74, 6) is 0.918. The van der Waals surface area contributed by atoms with Crippen molar-refractivity contribution in [2.24, 2.45) is 0 Å². The number of amides is 1. The average Bonchev–Trinajstić information content (AvgIpc) is 2.73. The topological polar surface area (TPSA) is 50.8 Å². The molecule has 0 bridgehead atoms. The third-order valence-electron chi connectivity index (χ3n) is 5.21. The minimum atomic E-state index is 0.0849. The minimum absolute atomic E-state index is 0.0849. The van der Waals surface area contributed by atoms with Gasteiger partial charge in [0.05, 0.1) is 26.4 Å². The van der Waals surface area contributed by atoms with Crippen LogP contribution in [0.5, 0.6) is 5.75 Å². The molecule has 0 radical (unpaired) electrons. The van der Waals surface area contributed by atoms with Crippen LogP contribution in [0, 0.1) is 6.92 Å². The molecule has 1 aliphatic heterocycles. The molecule has 1 saturated heterocycles. The molecule has 0 aromatic heterocycles. The van der Waals surface area contributed by atoms with Crippen LogP contribution in [-0.2, 0) is 16.0 Å². The van der Waals surface area contributed by atoms with Gasteiger partial charge >= 0.3 is 0 Å². The first-order valence-corrected chi connectivity index (χ1v) is 9.93. The van der Waals surface area contributed by atoms with E-state index in [1.807, 2.05) is 24.3 Å². The smallest absolute Gasteiger partial charge is 0.220 e. The van der Waals surface area contributed by atoms with Gasteiger partial charge in [-0.2, -0.15) is 0 Å². The predicted octanol–water partition coefficient (Wildman–Crippen LogP) is 3.13. The lowest BCUT2D eigenvalue weighted by Crippen LogP contribution is -2.43. The van der Waals surface area contributed by atoms with Crippen molar-refractivity contribution in [2.75, 3.05) is 40.0 Å². The van der Waals surface area contributed by atoms with E-state index in [-0.39, 0.29) is 11.9 Å². The van der Waals surface area contributed by atoms with Crippen molar-refractivity contribution in [3.05, 3.63) is 65.2 Å². The van der Waals surface area contributed by atoms with Crippen LogP contribution in [-0.4, -0.2) is 50.8 Å². The summed E-state index contributed by atoms with van der Waals surface area (Å²) in [5, 5.41) is 3.14. The quantitative estimate of drug-likeness (QED) is 0.762. The van der Waals surface area contributed by atoms with Gasteiger partial charge in [0.15, 0.2) is 0 Å². The van der Waals surface area contributed by atoms with Crippen LogP contribution in [0.1, 0.15) is 29.2 Å². The van der Waals surface area contributed by atoms with Crippen LogP contribution in [0.2, 0.25) is 0 Å². The molecule has 150 valence electrons. The van der Waals surface area contributed by atoms with Crippen LogP contribution in [0.25, 0.3) is 0 Å². The van der Waals surface area contributed by atoms with Gasteiger partial charge in [0.1, 0.15) is 5.75 Å². The standard InChI is InChI=1S/C23H30N2O3/c1-18-4-3-5-20(16-18)22(25-12-14-28-15-13-25)17-24-23(26)11-8-19-6-9-21(27-2)10-7-19/h3-7,9-10,16,22H,8,11-15,17H2,1-2H3,(H,24,26). The van der Waals surface area contributed by atoms with Crippen LogP contribution >= 0.6 is 0 Å². The number of hydrogen-bond donors (Lipinski definition) is 1. The third kappa shape index (κ3) is 5.81. The minimum Gasteiger partial charge on any atom is -0.497 e. The van der Waals surface area contributed by atoms with Crippen molar-refractivity contribution in [1.29, 1.82) is 0 Å². The second-order valence-corrected chi connectivity index (χ2v) is 7.23. The number of aryl methyl sites for hydroxylation is 2. The Morgan fingerprint density at radius 3 is 2.61 bits per heavy atom. The van der Waals surface area contributed by atoms with Gasteiger partial charge in [0.25, 0.3) is 0 Å². The fraction of sp³-hybridized carbons (Fsp3) is 0.435. The summed E-state index contributed by atoms with van der Waals surface area (Å²) < 4.78 is 10.7. The van der Waals surface area contributed by atoms with Gasteiger partial charge in [0, 0.05) is 26.1 Å². The van der Waals surface area contributed by atoms with E-state index in [0.717, 1.165) is 44.0 Å². The first-order chi connectivity index (χ1) is 13.7. The second-order valence-electron chi connectivity index (χ2n) is 7.23. The highest BCUT2D eigenvalue weighted by Crippen LogP contribution is 2.22. The molecule has 1 atom stereocenters. The molecule has 1 amide bonds. The molecule has 0 aliphatic carbocycles. The largest absolute Gasteiger partial charge is 0.497 e. The van der Waals surface area contributed by atoms with Crippen molar-refractivity contribution in [3.8, 4) is 5.75 Å². The Morgan fingerprint density at radius 2 is 1.93 bits per heavy atom. The molecule has 28 heavy (non-hydrogen) atoms. The number of carbonyl (C=O) groups excluding carboxylic acids is 1. The summed E-state index contributed by atoms with van der Waals surface area (Å²) in [5.41, 5.74) is 3.62. The SMILES string of the molecule is COc1ccc(CCC(=O)NCC(c2cccc(C)c2)N2CCOCC2)cc1. The Bertz CT molecular complexity index is 755. The maximum atomic E-state index is 12.4. The summed E-state index contributed by atoms with van der Waals surface area (Å²) in [7, 11) is 1.65. The Hall–Kier alpha value is -2.37. The van der Waals surface area contributed by atoms with Crippen LogP contribution in [0.3, 0.4) is 0 Å². The van der Waals surface area contributed by atoms with Gasteiger partial charge in [-0.1, -0.05) is 42.0 Å². The average molecular weight is 383 g/mol. The van der Waals surface area contributed by atoms with Crippen molar-refractivity contribution in [2.45, 2.75) is 25.8 Å². The molecule has 1 heterocycles. The summed E-state index contributed by atoms with van der Waals surface area (Å²) in [6, 6.07) is 16.6. The number of morpholine rings is 1. The van der Waals surface area contributed by atoms with E-state index in [0.29, 0.717) is 13.0 Å². The van der Waals surface area contributed by atoms with Gasteiger partial charge in [-0.05, 0) is 36.6 Å². The van der Waals surface area contributed by atoms with E-state index < -0.39 is 0 Å². The fourth-order valence-corrected chi connectivity index (χ4v) is 3.57. The number of nitrogens with zero attached hydrogens (tertiary/aromatic N) is 1. The molecule has 5 nitrogen and oxygen atoms in total. The van der Waals surface area contributed by atoms with Crippen molar-refractivity contribution < 1.29 is 14.3 Å². The lowest BCUT2D eigenvalue weighted by molar-refractivity contribution is -0.121. The molecule has 0 saturated carbocycles. The van der Waals surface area contributed by atoms with E-state index in [1.54, 1.807) is 7.11 Å². The van der Waals surface area contributed by atoms with E-state index in [4.69, 9.17) is 9.47 Å². The lowest BCUT2D eigenvalue weighted by atomic mass is 10.0. The first-order valence-electron chi connectivity index (χ1n) is 9.93. The van der Waals surface area contributed by atoms with Crippen LogP contribution in [0.4, 0.5) is 0 Å². The van der Waals surface area contributed by atoms with Gasteiger partial charge in [-0.15, -0.1) is 0 Å². The van der Waals surface area contributed by atoms with Gasteiger partial charge in [0.2, 0.25) is 5.91 Å². The molecule has 0 spiro atoms. The Labute approximate surface area is 167 Å². The molecule has 1 fully saturated rings. The maximum absolute atomic E-state index is 12.4. The number of benzene rings is 2. The zero-order valence-electron chi connectivity index (χ0n) is 16.8. The van der Waals surface area contributed by atoms with E-state index in [2.05, 4.69) is 41.4 Å². The lowest BCUT2D eigenvalue weighted by Gasteiger charge is -2.35. The van der Waals surface area contributed by atoms with Gasteiger partial charge in [-0.3, -0.25) is 9.69 Å². The molecule has 3 rings (SSSR count). The van der Waals surface area contributed by atoms with E-state index in [9.17, 15) is 4.79 Å². The molecule has 1 unspecified atom stereocenters. The van der Waals surface area contributed by atoms with E-state index >= 15 is 0 Å². The highest BCUT2D eigenvalue weighted by atomic mass is 16.5. The van der Waals surface area contributed by atoms with Gasteiger partial charge in [-0.25, -0.2) is 0 Å². The molecule has 1 N–H and O–H groups in total. The van der Waals surface area contributed by atoms with Crippen LogP contribution < -0.4 is 10.1 Å². The van der Waals surface area contributed by atoms with Crippen molar-refractivity contribution >= 4 is 5.91 Å². The van der Waals surface area contributed by atoms with Crippen molar-refractivity contribution in [3.63, 3.8) is 0 Å². The summed E-state index contributed by atoms with van der Waals surface area (Å²) in [6.45, 7) is 5.99. The number of ether oxygens (including phenoxy) is 2. The van der Waals surface area contributed by atoms with E-state index in [1.165, 1.54) is 11.1 Å². The Morgan fingerprint density at radius 1 is 1.18 bits per heavy atom. The second kappa shape index (κ2) is 10.2. The molecule has 5 heteroatoms. The highest BCUT2D eigenvalue weighted by molar-refractivity contribution is 5.76. The summed E-state index contributed by atoms with van der Waals surface area (Å²) >= 11 is 0. The number of carbonyl (C=O) groups is 1. The fourth-order valence-electron chi connectivity index (χ4n) is 3.57. The summed E-state index contributed by atoms with van der Waals surface area (Å²) in [4.78, 5) is 14.9. The number of nitrogens with one attached hydrogen (secondary N) is 1. The highest BCUT2D eigenvalue weighted by Gasteiger charge is 2.23. The Kier molecular flexibility index (Phi) is 7.46. The molecular formula is C23H30N2O3. The zero-order valence-corrected chi connectivity index (χ0v) is 16.8. The summed E-state index contributed by atoms with van der Waals surface area (Å²) in [6.07, 6.45) is 1.21. The molecule has 2 aromatic rings. The monoisotopic (exact) mass is 382 g/mol. The van der Waals surface area contributed by atoms with Gasteiger partial charge < -0.3 is 14.8 Å². The molecular weight excluding hydrogens is 352 g/mol. The number of hydrogen-bond acceptors (Lipinski definition) is 4. The Balaban J connectivity index is 1.56. The maximum Gasteiger partial charge on any atom is 0.220 e. The van der Waals surface area contributed by atoms with Crippen molar-refractivity contribution in [1.82, 2.24) is 10.2 Å². The zero-order chi connectivity index (χ0) is 19.8.